The molecule has 0 aliphatic rings. The molecule has 0 unspecified atom stereocenters. The minimum absolute atomic E-state index is 0.252. The Labute approximate surface area is 352 Å². The van der Waals surface area contributed by atoms with E-state index in [0.717, 1.165) is 83.8 Å². The van der Waals surface area contributed by atoms with Gasteiger partial charge in [0.2, 0.25) is 0 Å². The summed E-state index contributed by atoms with van der Waals surface area (Å²) >= 11 is -0.556. The van der Waals surface area contributed by atoms with Crippen LogP contribution in [0.1, 0.15) is 49.9 Å². The molecule has 6 aromatic carbocycles. The Morgan fingerprint density at radius 1 is 0.526 bits per heavy atom. The van der Waals surface area contributed by atoms with Crippen molar-refractivity contribution in [1.82, 2.24) is 18.9 Å². The zero-order valence-electron chi connectivity index (χ0n) is 33.9. The third-order valence-corrected chi connectivity index (χ3v) is 11.5. The molecule has 0 radical (unpaired) electrons. The van der Waals surface area contributed by atoms with E-state index in [1.54, 1.807) is 0 Å². The first-order valence-corrected chi connectivity index (χ1v) is 23.6. The number of likely N-dealkylation sites (N-methyl/N-ethyl adjacent to an activating group) is 1. The first kappa shape index (κ1) is 40.9. The third-order valence-electron chi connectivity index (χ3n) is 11.5. The first-order valence-electron chi connectivity index (χ1n) is 19.3. The van der Waals surface area contributed by atoms with E-state index < -0.39 is 28.1 Å². The molecular formula is C48H50Cl2N4O2Ti. The Morgan fingerprint density at radius 3 is 1.12 bits per heavy atom. The van der Waals surface area contributed by atoms with E-state index in [4.69, 9.17) is 18.6 Å². The van der Waals surface area contributed by atoms with Crippen LogP contribution in [0, 0.1) is 13.8 Å². The number of nitrogens with zero attached hydrogens (tertiary/aromatic N) is 4. The van der Waals surface area contributed by atoms with Gasteiger partial charge in [0.05, 0.1) is 33.4 Å². The number of phenols is 2. The molecular weight excluding hydrogens is 783 g/mol. The number of rotatable bonds is 9. The van der Waals surface area contributed by atoms with Gasteiger partial charge >= 0.3 is 35.6 Å². The van der Waals surface area contributed by atoms with Crippen LogP contribution in [0.2, 0.25) is 0 Å². The number of phenolic OH excluding ortho intramolecular Hbond substituents is 2. The van der Waals surface area contributed by atoms with E-state index >= 15 is 0 Å². The second-order valence-corrected chi connectivity index (χ2v) is 18.8. The van der Waals surface area contributed by atoms with E-state index in [1.807, 2.05) is 0 Å². The molecule has 0 aliphatic carbocycles. The van der Waals surface area contributed by atoms with Gasteiger partial charge in [0.1, 0.15) is 11.5 Å². The van der Waals surface area contributed by atoms with E-state index in [1.165, 1.54) is 0 Å². The van der Waals surface area contributed by atoms with Gasteiger partial charge in [0.25, 0.3) is 0 Å². The topological polar surface area (TPSA) is 56.8 Å². The summed E-state index contributed by atoms with van der Waals surface area (Å²) in [6.07, 6.45) is 0. The number of aromatic hydroxyl groups is 2. The standard InChI is InChI=1S/C48H50N4O2.2ClH.Ti/c1-31-27-37(45(53)43(29-31)51-39-21-13-9-17-33(39)34-18-10-14-22-40(34)51)47(3,4)50(26-25-49(7)8)48(5,6)38-28-32(2)30-44(46(38)54)52-41-23-15-11-19-35(41)36-20-12-16-24-42(36)52;;;/h9-24,27-30,53-54H,25-26H2,1-8H3;2*1H;/q;;;+2/p-2. The van der Waals surface area contributed by atoms with Crippen molar-refractivity contribution in [1.29, 1.82) is 0 Å². The van der Waals surface area contributed by atoms with E-state index in [9.17, 15) is 10.2 Å². The molecule has 292 valence electrons. The van der Waals surface area contributed by atoms with Crippen molar-refractivity contribution in [3.8, 4) is 22.9 Å². The molecule has 8 rings (SSSR count). The van der Waals surface area contributed by atoms with E-state index in [0.29, 0.717) is 6.54 Å². The Hall–Kier alpha value is -4.27. The van der Waals surface area contributed by atoms with Crippen LogP contribution in [0.15, 0.2) is 121 Å². The second kappa shape index (κ2) is 16.2. The van der Waals surface area contributed by atoms with Gasteiger partial charge < -0.3 is 24.2 Å². The Kier molecular flexibility index (Phi) is 11.6. The Balaban J connectivity index is 0.00000160. The molecule has 0 bridgehead atoms. The Morgan fingerprint density at radius 2 is 0.825 bits per heavy atom. The quantitative estimate of drug-likeness (QED) is 0.142. The predicted molar refractivity (Wildman–Crippen MR) is 237 cm³/mol. The van der Waals surface area contributed by atoms with Crippen molar-refractivity contribution in [2.75, 3.05) is 27.2 Å². The van der Waals surface area contributed by atoms with Crippen LogP contribution >= 0.6 is 18.6 Å². The number of para-hydroxylation sites is 4. The second-order valence-electron chi connectivity index (χ2n) is 16.2. The van der Waals surface area contributed by atoms with Crippen molar-refractivity contribution < 1.29 is 27.2 Å². The zero-order valence-corrected chi connectivity index (χ0v) is 37.0. The van der Waals surface area contributed by atoms with Crippen LogP contribution in [0.4, 0.5) is 0 Å². The molecule has 0 atom stereocenters. The first-order chi connectivity index (χ1) is 27.2. The van der Waals surface area contributed by atoms with Crippen LogP contribution in [-0.2, 0) is 28.1 Å². The fraction of sp³-hybridized carbons (Fsp3) is 0.250. The molecule has 2 heterocycles. The summed E-state index contributed by atoms with van der Waals surface area (Å²) in [5.74, 6) is 0.504. The zero-order chi connectivity index (χ0) is 40.8. The summed E-state index contributed by atoms with van der Waals surface area (Å²) in [4.78, 5) is 4.65. The van der Waals surface area contributed by atoms with Crippen molar-refractivity contribution in [2.24, 2.45) is 0 Å². The van der Waals surface area contributed by atoms with Gasteiger partial charge in [-0.3, -0.25) is 4.90 Å². The minimum atomic E-state index is -0.688. The fourth-order valence-corrected chi connectivity index (χ4v) is 9.01. The summed E-state index contributed by atoms with van der Waals surface area (Å²) in [5, 5.41) is 29.7. The number of benzene rings is 6. The van der Waals surface area contributed by atoms with Crippen molar-refractivity contribution in [3.63, 3.8) is 0 Å². The van der Waals surface area contributed by atoms with E-state index in [-0.39, 0.29) is 11.5 Å². The fourth-order valence-electron chi connectivity index (χ4n) is 9.01. The third kappa shape index (κ3) is 7.26. The van der Waals surface area contributed by atoms with Crippen molar-refractivity contribution in [3.05, 3.63) is 144 Å². The Bertz CT molecular complexity index is 2460. The monoisotopic (exact) mass is 832 g/mol. The summed E-state index contributed by atoms with van der Waals surface area (Å²) in [6.45, 7) is 14.5. The van der Waals surface area contributed by atoms with Gasteiger partial charge in [-0.25, -0.2) is 0 Å². The molecule has 2 N–H and O–H groups in total. The molecule has 57 heavy (non-hydrogen) atoms. The van der Waals surface area contributed by atoms with Gasteiger partial charge in [-0.15, -0.1) is 0 Å². The molecule has 0 fully saturated rings. The van der Waals surface area contributed by atoms with Crippen LogP contribution in [-0.4, -0.2) is 56.3 Å². The normalized spacial score (nSPS) is 12.3. The summed E-state index contributed by atoms with van der Waals surface area (Å²) in [7, 11) is 14.0. The molecule has 6 nitrogen and oxygen atoms in total. The molecule has 0 spiro atoms. The number of aromatic nitrogens is 2. The molecule has 0 saturated heterocycles. The average molecular weight is 834 g/mol. The molecule has 0 amide bonds. The van der Waals surface area contributed by atoms with Crippen LogP contribution < -0.4 is 0 Å². The van der Waals surface area contributed by atoms with Gasteiger partial charge in [-0.05, 0) is 103 Å². The average Bonchev–Trinajstić information content (AvgIpc) is 3.69. The van der Waals surface area contributed by atoms with Gasteiger partial charge in [0, 0.05) is 56.8 Å². The maximum absolute atomic E-state index is 12.6. The predicted octanol–water partition coefficient (Wildman–Crippen LogP) is 12.3. The number of hydrogen-bond donors (Lipinski definition) is 2. The van der Waals surface area contributed by atoms with Crippen LogP contribution in [0.5, 0.6) is 11.5 Å². The maximum atomic E-state index is 12.6. The van der Waals surface area contributed by atoms with Gasteiger partial charge in [-0.1, -0.05) is 84.9 Å². The van der Waals surface area contributed by atoms with Gasteiger partial charge in [0.15, 0.2) is 0 Å². The summed E-state index contributed by atoms with van der Waals surface area (Å²) < 4.78 is 4.40. The molecule has 0 saturated carbocycles. The van der Waals surface area contributed by atoms with Crippen molar-refractivity contribution >= 4 is 62.2 Å². The molecule has 9 heteroatoms. The molecule has 0 aliphatic heterocycles. The SMILES string of the molecule is Cc1cc(-n2c3ccccc3c3ccccc32)c(O)c(C(C)(C)N(CCN(C)C)C(C)(C)c2cc(C)cc(-n3c4ccccc4c4ccccc43)c2O)c1.[Cl][Ti][Cl]. The number of aryl methyl sites for hydroxylation is 2. The van der Waals surface area contributed by atoms with Gasteiger partial charge in [-0.2, -0.15) is 0 Å². The molecule has 2 aromatic heterocycles. The van der Waals surface area contributed by atoms with Crippen LogP contribution in [0.25, 0.3) is 55.0 Å². The summed E-state index contributed by atoms with van der Waals surface area (Å²) in [6, 6.07) is 42.1. The number of hydrogen-bond acceptors (Lipinski definition) is 4. The van der Waals surface area contributed by atoms with E-state index in [2.05, 4.69) is 196 Å². The summed E-state index contributed by atoms with van der Waals surface area (Å²) in [5.41, 5.74) is 8.13. The molecule has 8 aromatic rings. The van der Waals surface area contributed by atoms with Crippen molar-refractivity contribution in [2.45, 2.75) is 52.6 Å². The van der Waals surface area contributed by atoms with Crippen LogP contribution in [0.3, 0.4) is 0 Å². The number of halogens is 2. The number of fused-ring (bicyclic) bond motifs is 6.